The van der Waals surface area contributed by atoms with Gasteiger partial charge in [-0.1, -0.05) is 73.1 Å². The van der Waals surface area contributed by atoms with Crippen LogP contribution in [0.1, 0.15) is 42.1 Å². The van der Waals surface area contributed by atoms with Crippen LogP contribution in [0.4, 0.5) is 24.5 Å². The van der Waals surface area contributed by atoms with Crippen LogP contribution in [0, 0.1) is 5.92 Å². The number of aliphatic hydroxyl groups is 1. The first-order valence-corrected chi connectivity index (χ1v) is 23.9. The van der Waals surface area contributed by atoms with Crippen molar-refractivity contribution in [3.8, 4) is 11.1 Å². The van der Waals surface area contributed by atoms with E-state index in [9.17, 15) is 31.5 Å². The fourth-order valence-electron chi connectivity index (χ4n) is 7.37. The molecule has 324 valence electrons. The van der Waals surface area contributed by atoms with Crippen LogP contribution in [-0.2, 0) is 16.3 Å². The fraction of sp³-hybridized carbons (Fsp3) is 0.326. The van der Waals surface area contributed by atoms with Crippen LogP contribution in [0.5, 0.6) is 0 Å². The van der Waals surface area contributed by atoms with E-state index in [0.29, 0.717) is 48.3 Å². The highest BCUT2D eigenvalue weighted by Gasteiger charge is 2.48. The van der Waals surface area contributed by atoms with Gasteiger partial charge in [-0.05, 0) is 134 Å². The third-order valence-corrected chi connectivity index (χ3v) is 14.5. The number of likely N-dealkylation sites (N-methyl/N-ethyl adjacent to an activating group) is 1. The van der Waals surface area contributed by atoms with Gasteiger partial charge in [0.2, 0.25) is 0 Å². The Labute approximate surface area is 370 Å². The summed E-state index contributed by atoms with van der Waals surface area (Å²) in [5, 5.41) is 13.3. The molecule has 3 N–H and O–H groups in total. The smallest absolute Gasteiger partial charge is 0.395 e. The Bertz CT molecular complexity index is 2300. The Morgan fingerprint density at radius 3 is 2.26 bits per heavy atom. The summed E-state index contributed by atoms with van der Waals surface area (Å²) in [5.74, 6) is 0.493. The van der Waals surface area contributed by atoms with Crippen molar-refractivity contribution in [3.05, 3.63) is 137 Å². The number of thioether (sulfide) groups is 1. The van der Waals surface area contributed by atoms with Crippen molar-refractivity contribution in [1.82, 2.24) is 9.62 Å². The first-order chi connectivity index (χ1) is 29.3. The molecule has 15 heteroatoms. The molecule has 0 spiro atoms. The van der Waals surface area contributed by atoms with Gasteiger partial charge in [-0.3, -0.25) is 9.52 Å². The second-order valence-corrected chi connectivity index (χ2v) is 19.2. The van der Waals surface area contributed by atoms with Crippen molar-refractivity contribution < 1.29 is 31.5 Å². The van der Waals surface area contributed by atoms with Crippen LogP contribution < -0.4 is 14.9 Å². The number of carbonyl (C=O) groups excluding carboxylic acids is 1. The van der Waals surface area contributed by atoms with Gasteiger partial charge in [0.1, 0.15) is 4.90 Å². The van der Waals surface area contributed by atoms with Gasteiger partial charge in [-0.15, -0.1) is 11.8 Å². The third kappa shape index (κ3) is 12.7. The highest BCUT2D eigenvalue weighted by Crippen LogP contribution is 2.38. The van der Waals surface area contributed by atoms with E-state index >= 15 is 0 Å². The Kier molecular flexibility index (Phi) is 16.5. The van der Waals surface area contributed by atoms with Crippen LogP contribution in [0.25, 0.3) is 11.1 Å². The second kappa shape index (κ2) is 21.8. The number of anilines is 2. The van der Waals surface area contributed by atoms with E-state index in [0.717, 1.165) is 66.5 Å². The van der Waals surface area contributed by atoms with Gasteiger partial charge in [-0.2, -0.15) is 13.2 Å². The molecule has 6 rings (SSSR count). The fourth-order valence-corrected chi connectivity index (χ4v) is 10.2. The maximum Gasteiger partial charge on any atom is 0.501 e. The van der Waals surface area contributed by atoms with E-state index < -0.39 is 32.2 Å². The van der Waals surface area contributed by atoms with E-state index in [1.54, 1.807) is 12.1 Å². The number of sulfone groups is 1. The number of nitrogens with zero attached hydrogens (tertiary/aromatic N) is 2. The molecule has 0 radical (unpaired) electrons. The molecule has 1 aliphatic rings. The summed E-state index contributed by atoms with van der Waals surface area (Å²) in [4.78, 5) is 17.7. The van der Waals surface area contributed by atoms with Crippen LogP contribution in [0.2, 0.25) is 5.02 Å². The minimum absolute atomic E-state index is 0.0387. The van der Waals surface area contributed by atoms with Crippen LogP contribution >= 0.6 is 35.3 Å². The lowest BCUT2D eigenvalue weighted by Gasteiger charge is -2.34. The van der Waals surface area contributed by atoms with Crippen molar-refractivity contribution >= 4 is 62.4 Å². The summed E-state index contributed by atoms with van der Waals surface area (Å²) in [7, 11) is -5.78. The number of aliphatic hydroxyl groups excluding tert-OH is 1. The first kappa shape index (κ1) is 46.3. The molecule has 0 aromatic heterocycles. The number of carbonyl (C=O) groups is 1. The van der Waals surface area contributed by atoms with Gasteiger partial charge in [-0.25, -0.2) is 8.42 Å². The monoisotopic (exact) mass is 910 g/mol. The summed E-state index contributed by atoms with van der Waals surface area (Å²) in [6.45, 7) is 5.29. The molecular formula is C46H50ClF3N4O4S3. The Balaban J connectivity index is 1.08. The molecule has 1 unspecified atom stereocenters. The topological polar surface area (TPSA) is 102 Å². The summed E-state index contributed by atoms with van der Waals surface area (Å²) >= 11 is 8.37. The quantitative estimate of drug-likeness (QED) is 0.0552. The molecule has 5 aromatic carbocycles. The maximum absolute atomic E-state index is 14.1. The molecule has 1 fully saturated rings. The van der Waals surface area contributed by atoms with Gasteiger partial charge < -0.3 is 20.2 Å². The molecule has 5 aromatic rings. The number of hydrogen-bond donors (Lipinski definition) is 3. The van der Waals surface area contributed by atoms with Crippen molar-refractivity contribution in [1.29, 1.82) is 0 Å². The zero-order valence-electron chi connectivity index (χ0n) is 33.8. The molecule has 0 saturated carbocycles. The minimum atomic E-state index is -5.78. The van der Waals surface area contributed by atoms with Crippen LogP contribution in [0.15, 0.2) is 136 Å². The number of amides is 1. The minimum Gasteiger partial charge on any atom is -0.395 e. The number of hydrogen-bond acceptors (Lipinski definition) is 9. The molecule has 1 heterocycles. The summed E-state index contributed by atoms with van der Waals surface area (Å²) in [6, 6.07) is 36.5. The van der Waals surface area contributed by atoms with Gasteiger partial charge >= 0.3 is 5.51 Å². The van der Waals surface area contributed by atoms with Crippen molar-refractivity contribution in [2.75, 3.05) is 55.3 Å². The third-order valence-electron chi connectivity index (χ3n) is 10.8. The standard InChI is InChI=1S/C46H50ClF3N4O4S3/c1-2-53(28-29-55)25-24-38(32-59-40-9-4-3-5-10-40)51-43-21-20-41(31-44(43)61(57,58)46(48,49)50)60-52-45(56)35-14-18-39(19-15-35)54-26-22-33(23-27-54)30-36-8-6-7-11-42(36)34-12-16-37(47)17-13-34/h3-21,31,33,38,51,55H,2,22-30,32H2,1H3,(H,52,56). The van der Waals surface area contributed by atoms with Gasteiger partial charge in [0.25, 0.3) is 15.7 Å². The molecule has 61 heavy (non-hydrogen) atoms. The Hall–Kier alpha value is -4.18. The molecule has 0 bridgehead atoms. The lowest BCUT2D eigenvalue weighted by atomic mass is 9.87. The summed E-state index contributed by atoms with van der Waals surface area (Å²) < 4.78 is 70.9. The average molecular weight is 912 g/mol. The van der Waals surface area contributed by atoms with E-state index in [2.05, 4.69) is 51.3 Å². The van der Waals surface area contributed by atoms with E-state index in [-0.39, 0.29) is 17.2 Å². The predicted octanol–water partition coefficient (Wildman–Crippen LogP) is 10.5. The van der Waals surface area contributed by atoms with E-state index in [1.165, 1.54) is 35.0 Å². The largest absolute Gasteiger partial charge is 0.501 e. The molecule has 8 nitrogen and oxygen atoms in total. The summed E-state index contributed by atoms with van der Waals surface area (Å²) in [5.41, 5.74) is -0.705. The highest BCUT2D eigenvalue weighted by atomic mass is 35.5. The summed E-state index contributed by atoms with van der Waals surface area (Å²) in [6.07, 6.45) is 3.49. The predicted molar refractivity (Wildman–Crippen MR) is 243 cm³/mol. The van der Waals surface area contributed by atoms with E-state index in [1.807, 2.05) is 66.4 Å². The SMILES string of the molecule is CCN(CCO)CCC(CSc1ccccc1)Nc1ccc(SNC(=O)c2ccc(N3CCC(Cc4ccccc4-c4ccc(Cl)cc4)CC3)cc2)cc1S(=O)(=O)C(F)(F)F. The molecule has 1 saturated heterocycles. The average Bonchev–Trinajstić information content (AvgIpc) is 3.27. The first-order valence-electron chi connectivity index (χ1n) is 20.2. The number of rotatable bonds is 19. The lowest BCUT2D eigenvalue weighted by Crippen LogP contribution is -2.34. The Morgan fingerprint density at radius 1 is 0.902 bits per heavy atom. The van der Waals surface area contributed by atoms with Crippen molar-refractivity contribution in [2.45, 2.75) is 58.8 Å². The van der Waals surface area contributed by atoms with Crippen molar-refractivity contribution in [3.63, 3.8) is 0 Å². The van der Waals surface area contributed by atoms with Crippen LogP contribution in [-0.4, -0.2) is 81.0 Å². The number of alkyl halides is 3. The zero-order chi connectivity index (χ0) is 43.4. The van der Waals surface area contributed by atoms with Crippen molar-refractivity contribution in [2.24, 2.45) is 5.92 Å². The van der Waals surface area contributed by atoms with Gasteiger partial charge in [0.15, 0.2) is 0 Å². The number of halogens is 4. The normalized spacial score (nSPS) is 14.2. The molecule has 1 amide bonds. The zero-order valence-corrected chi connectivity index (χ0v) is 37.0. The molecule has 1 atom stereocenters. The van der Waals surface area contributed by atoms with Gasteiger partial charge in [0, 0.05) is 64.0 Å². The van der Waals surface area contributed by atoms with E-state index in [4.69, 9.17) is 11.6 Å². The maximum atomic E-state index is 14.1. The lowest BCUT2D eigenvalue weighted by molar-refractivity contribution is -0.0435. The highest BCUT2D eigenvalue weighted by molar-refractivity contribution is 7.99. The number of piperidine rings is 1. The van der Waals surface area contributed by atoms with Crippen LogP contribution in [0.3, 0.4) is 0 Å². The number of nitrogens with one attached hydrogen (secondary N) is 2. The number of benzene rings is 5. The molecule has 0 aliphatic carbocycles. The Morgan fingerprint density at radius 2 is 1.59 bits per heavy atom. The van der Waals surface area contributed by atoms with Gasteiger partial charge in [0.05, 0.1) is 12.3 Å². The molecule has 1 aliphatic heterocycles. The molecular weight excluding hydrogens is 861 g/mol. The second-order valence-electron chi connectivity index (χ2n) is 14.9.